The van der Waals surface area contributed by atoms with Crippen LogP contribution in [-0.4, -0.2) is 37.2 Å². The van der Waals surface area contributed by atoms with Gasteiger partial charge in [0.15, 0.2) is 0 Å². The number of hydrogen-bond donors (Lipinski definition) is 1. The molecule has 1 aromatic heterocycles. The molecule has 114 valence electrons. The summed E-state index contributed by atoms with van der Waals surface area (Å²) in [6.07, 6.45) is 2.39. The van der Waals surface area contributed by atoms with Crippen LogP contribution >= 0.6 is 0 Å². The number of carbonyl (C=O) groups excluding carboxylic acids is 1. The lowest BCUT2D eigenvalue weighted by molar-refractivity contribution is 0.0533. The minimum atomic E-state index is -0.641. The fourth-order valence-corrected chi connectivity index (χ4v) is 3.34. The number of aliphatic hydroxyl groups excluding tert-OH is 1. The van der Waals surface area contributed by atoms with E-state index in [2.05, 4.69) is 10.2 Å². The van der Waals surface area contributed by atoms with Gasteiger partial charge in [-0.05, 0) is 24.0 Å². The Morgan fingerprint density at radius 1 is 1.23 bits per heavy atom. The van der Waals surface area contributed by atoms with Crippen molar-refractivity contribution in [3.63, 3.8) is 0 Å². The summed E-state index contributed by atoms with van der Waals surface area (Å²) in [6, 6.07) is 7.71. The van der Waals surface area contributed by atoms with Crippen LogP contribution in [0.2, 0.25) is 0 Å². The SMILES string of the molecule is O=C(c1nnc2n1CCCC2)N1Cc2ccccc2[C@H](O)C1. The fourth-order valence-electron chi connectivity index (χ4n) is 3.34. The number of benzene rings is 1. The van der Waals surface area contributed by atoms with E-state index in [1.165, 1.54) is 0 Å². The Bertz CT molecular complexity index is 725. The van der Waals surface area contributed by atoms with Gasteiger partial charge in [0.1, 0.15) is 5.82 Å². The summed E-state index contributed by atoms with van der Waals surface area (Å²) in [5, 5.41) is 18.5. The molecule has 0 bridgehead atoms. The Kier molecular flexibility index (Phi) is 3.18. The third-order valence-electron chi connectivity index (χ3n) is 4.51. The zero-order valence-corrected chi connectivity index (χ0v) is 12.3. The van der Waals surface area contributed by atoms with E-state index in [-0.39, 0.29) is 5.91 Å². The van der Waals surface area contributed by atoms with Crippen LogP contribution < -0.4 is 0 Å². The molecule has 22 heavy (non-hydrogen) atoms. The number of amides is 1. The Morgan fingerprint density at radius 2 is 2.09 bits per heavy atom. The molecule has 0 saturated heterocycles. The number of hydrogen-bond acceptors (Lipinski definition) is 4. The summed E-state index contributed by atoms with van der Waals surface area (Å²) in [6.45, 7) is 1.61. The number of rotatable bonds is 1. The second-order valence-corrected chi connectivity index (χ2v) is 5.95. The highest BCUT2D eigenvalue weighted by Crippen LogP contribution is 2.27. The van der Waals surface area contributed by atoms with Crippen molar-refractivity contribution in [2.75, 3.05) is 6.54 Å². The molecule has 1 atom stereocenters. The second kappa shape index (κ2) is 5.21. The number of fused-ring (bicyclic) bond motifs is 2. The van der Waals surface area contributed by atoms with E-state index in [9.17, 15) is 9.90 Å². The maximum atomic E-state index is 12.8. The highest BCUT2D eigenvalue weighted by molar-refractivity contribution is 5.91. The van der Waals surface area contributed by atoms with E-state index in [4.69, 9.17) is 0 Å². The molecule has 0 saturated carbocycles. The molecule has 0 unspecified atom stereocenters. The number of aliphatic hydroxyl groups is 1. The van der Waals surface area contributed by atoms with E-state index in [0.29, 0.717) is 18.9 Å². The first-order chi connectivity index (χ1) is 10.7. The zero-order chi connectivity index (χ0) is 15.1. The van der Waals surface area contributed by atoms with Crippen molar-refractivity contribution in [3.05, 3.63) is 47.0 Å². The molecule has 3 heterocycles. The van der Waals surface area contributed by atoms with Gasteiger partial charge in [0.25, 0.3) is 5.91 Å². The molecule has 2 aromatic rings. The maximum Gasteiger partial charge on any atom is 0.292 e. The largest absolute Gasteiger partial charge is 0.387 e. The molecular weight excluding hydrogens is 280 g/mol. The van der Waals surface area contributed by atoms with E-state index in [1.807, 2.05) is 28.8 Å². The van der Waals surface area contributed by atoms with Crippen LogP contribution in [0.5, 0.6) is 0 Å². The lowest BCUT2D eigenvalue weighted by Gasteiger charge is -2.32. The van der Waals surface area contributed by atoms with E-state index >= 15 is 0 Å². The first kappa shape index (κ1) is 13.5. The van der Waals surface area contributed by atoms with E-state index in [0.717, 1.165) is 42.8 Å². The molecule has 6 nitrogen and oxygen atoms in total. The Balaban J connectivity index is 1.63. The highest BCUT2D eigenvalue weighted by atomic mass is 16.3. The van der Waals surface area contributed by atoms with Crippen LogP contribution in [0.1, 0.15) is 46.5 Å². The van der Waals surface area contributed by atoms with Gasteiger partial charge in [0.2, 0.25) is 5.82 Å². The van der Waals surface area contributed by atoms with Gasteiger partial charge < -0.3 is 14.6 Å². The average molecular weight is 298 g/mol. The Labute approximate surface area is 128 Å². The summed E-state index contributed by atoms with van der Waals surface area (Å²) >= 11 is 0. The first-order valence-electron chi connectivity index (χ1n) is 7.71. The van der Waals surface area contributed by atoms with Gasteiger partial charge in [-0.15, -0.1) is 10.2 Å². The standard InChI is InChI=1S/C16H18N4O2/c21-13-10-19(9-11-5-1-2-6-12(11)13)16(22)15-18-17-14-7-3-4-8-20(14)15/h1-2,5-6,13,21H,3-4,7-10H2/t13-/m1/s1. The van der Waals surface area contributed by atoms with Crippen LogP contribution in [0.3, 0.4) is 0 Å². The fraction of sp³-hybridized carbons (Fsp3) is 0.438. The molecule has 4 rings (SSSR count). The van der Waals surface area contributed by atoms with Crippen LogP contribution in [0, 0.1) is 0 Å². The van der Waals surface area contributed by atoms with Crippen molar-refractivity contribution < 1.29 is 9.90 Å². The monoisotopic (exact) mass is 298 g/mol. The van der Waals surface area contributed by atoms with Gasteiger partial charge in [0.05, 0.1) is 12.6 Å². The van der Waals surface area contributed by atoms with E-state index in [1.54, 1.807) is 4.90 Å². The van der Waals surface area contributed by atoms with Gasteiger partial charge in [-0.3, -0.25) is 4.79 Å². The normalized spacial score (nSPS) is 20.4. The van der Waals surface area contributed by atoms with Crippen LogP contribution in [-0.2, 0) is 19.5 Å². The summed E-state index contributed by atoms with van der Waals surface area (Å²) < 4.78 is 1.93. The molecule has 0 aliphatic carbocycles. The lowest BCUT2D eigenvalue weighted by atomic mass is 9.97. The summed E-state index contributed by atoms with van der Waals surface area (Å²) in [5.41, 5.74) is 1.91. The van der Waals surface area contributed by atoms with Crippen molar-refractivity contribution in [3.8, 4) is 0 Å². The second-order valence-electron chi connectivity index (χ2n) is 5.95. The Hall–Kier alpha value is -2.21. The number of nitrogens with zero attached hydrogens (tertiary/aromatic N) is 4. The molecule has 2 aliphatic rings. The average Bonchev–Trinajstić information content (AvgIpc) is 2.98. The summed E-state index contributed by atoms with van der Waals surface area (Å²) in [5.74, 6) is 1.16. The lowest BCUT2D eigenvalue weighted by Crippen LogP contribution is -2.39. The number of carbonyl (C=O) groups is 1. The maximum absolute atomic E-state index is 12.8. The van der Waals surface area contributed by atoms with Crippen molar-refractivity contribution in [2.45, 2.75) is 38.5 Å². The quantitative estimate of drug-likeness (QED) is 0.861. The molecular formula is C16H18N4O2. The molecule has 2 aliphatic heterocycles. The molecule has 0 radical (unpaired) electrons. The van der Waals surface area contributed by atoms with Crippen LogP contribution in [0.4, 0.5) is 0 Å². The minimum Gasteiger partial charge on any atom is -0.387 e. The minimum absolute atomic E-state index is 0.144. The van der Waals surface area contributed by atoms with Crippen molar-refractivity contribution in [1.82, 2.24) is 19.7 Å². The third kappa shape index (κ3) is 2.11. The van der Waals surface area contributed by atoms with Crippen molar-refractivity contribution >= 4 is 5.91 Å². The molecule has 0 spiro atoms. The van der Waals surface area contributed by atoms with Crippen LogP contribution in [0.15, 0.2) is 24.3 Å². The van der Waals surface area contributed by atoms with Crippen molar-refractivity contribution in [1.29, 1.82) is 0 Å². The van der Waals surface area contributed by atoms with Gasteiger partial charge in [-0.2, -0.15) is 0 Å². The van der Waals surface area contributed by atoms with Gasteiger partial charge in [-0.25, -0.2) is 0 Å². The summed E-state index contributed by atoms with van der Waals surface area (Å²) in [4.78, 5) is 14.4. The van der Waals surface area contributed by atoms with Gasteiger partial charge in [-0.1, -0.05) is 24.3 Å². The molecule has 1 aromatic carbocycles. The molecule has 1 amide bonds. The number of β-amino-alcohol motifs (C(OH)–C–C–N with tert-alkyl or cyclic N) is 1. The predicted octanol–water partition coefficient (Wildman–Crippen LogP) is 1.30. The zero-order valence-electron chi connectivity index (χ0n) is 12.3. The predicted molar refractivity (Wildman–Crippen MR) is 79.1 cm³/mol. The molecule has 6 heteroatoms. The smallest absolute Gasteiger partial charge is 0.292 e. The molecule has 1 N–H and O–H groups in total. The number of aromatic nitrogens is 3. The van der Waals surface area contributed by atoms with Gasteiger partial charge in [0, 0.05) is 19.5 Å². The first-order valence-corrected chi connectivity index (χ1v) is 7.71. The Morgan fingerprint density at radius 3 is 3.00 bits per heavy atom. The summed E-state index contributed by atoms with van der Waals surface area (Å²) in [7, 11) is 0. The third-order valence-corrected chi connectivity index (χ3v) is 4.51. The van der Waals surface area contributed by atoms with E-state index < -0.39 is 6.10 Å². The topological polar surface area (TPSA) is 71.2 Å². The van der Waals surface area contributed by atoms with Crippen LogP contribution in [0.25, 0.3) is 0 Å². The van der Waals surface area contributed by atoms with Crippen molar-refractivity contribution in [2.24, 2.45) is 0 Å². The highest BCUT2D eigenvalue weighted by Gasteiger charge is 2.30. The van der Waals surface area contributed by atoms with Gasteiger partial charge >= 0.3 is 0 Å². The molecule has 0 fully saturated rings. The number of aryl methyl sites for hydroxylation is 1.